The smallest absolute Gasteiger partial charge is 0.299 e. The third-order valence-corrected chi connectivity index (χ3v) is 5.35. The number of nitrogens with one attached hydrogen (secondary N) is 4. The Balaban J connectivity index is 2.40. The molecule has 0 spiro atoms. The Morgan fingerprint density at radius 3 is 1.93 bits per heavy atom. The van der Waals surface area contributed by atoms with E-state index in [2.05, 4.69) is 19.5 Å². The van der Waals surface area contributed by atoms with Crippen molar-refractivity contribution in [1.29, 1.82) is 0 Å². The molecule has 0 bridgehead atoms. The van der Waals surface area contributed by atoms with E-state index in [9.17, 15) is 16.8 Å². The first-order valence-electron chi connectivity index (χ1n) is 8.61. The number of methoxy groups -OCH3 is 1. The van der Waals surface area contributed by atoms with Crippen molar-refractivity contribution in [3.8, 4) is 5.75 Å². The fourth-order valence-corrected chi connectivity index (χ4v) is 4.29. The second-order valence-electron chi connectivity index (χ2n) is 7.45. The highest BCUT2D eigenvalue weighted by molar-refractivity contribution is 7.92. The zero-order valence-corrected chi connectivity index (χ0v) is 18.5. The summed E-state index contributed by atoms with van der Waals surface area (Å²) in [7, 11) is -5.88. The maximum Gasteiger partial charge on any atom is 0.299 e. The van der Waals surface area contributed by atoms with Gasteiger partial charge in [-0.25, -0.2) is 8.42 Å². The molecule has 0 aliphatic carbocycles. The predicted octanol–water partition coefficient (Wildman–Crippen LogP) is 2.86. The molecule has 0 aliphatic rings. The summed E-state index contributed by atoms with van der Waals surface area (Å²) in [6.07, 6.45) is 1.02. The van der Waals surface area contributed by atoms with Gasteiger partial charge in [0.15, 0.2) is 0 Å². The molecule has 2 rings (SSSR count). The summed E-state index contributed by atoms with van der Waals surface area (Å²) in [5.41, 5.74) is 0.831. The molecule has 160 valence electrons. The summed E-state index contributed by atoms with van der Waals surface area (Å²) in [5, 5.41) is 3.11. The van der Waals surface area contributed by atoms with Crippen LogP contribution in [0.1, 0.15) is 20.8 Å². The molecule has 4 N–H and O–H groups in total. The second kappa shape index (κ2) is 8.47. The Morgan fingerprint density at radius 1 is 0.828 bits per heavy atom. The molecule has 0 fully saturated rings. The number of rotatable bonds is 8. The van der Waals surface area contributed by atoms with Crippen LogP contribution in [-0.2, 0) is 20.2 Å². The van der Waals surface area contributed by atoms with E-state index in [1.165, 1.54) is 12.1 Å². The van der Waals surface area contributed by atoms with Crippen molar-refractivity contribution in [1.82, 2.24) is 4.72 Å². The van der Waals surface area contributed by atoms with E-state index in [1.54, 1.807) is 58.2 Å². The molecule has 2 aromatic rings. The molecule has 0 saturated heterocycles. The number of hydrogen-bond acceptors (Lipinski definition) is 6. The number of ether oxygens (including phenoxy) is 1. The minimum Gasteiger partial charge on any atom is -0.497 e. The third kappa shape index (κ3) is 7.80. The molecule has 0 aliphatic heterocycles. The van der Waals surface area contributed by atoms with Crippen LogP contribution in [0.4, 0.5) is 22.7 Å². The van der Waals surface area contributed by atoms with Gasteiger partial charge in [0.2, 0.25) is 10.0 Å². The first-order valence-corrected chi connectivity index (χ1v) is 12.0. The molecule has 0 amide bonds. The summed E-state index contributed by atoms with van der Waals surface area (Å²) in [6, 6.07) is 11.6. The maximum absolute atomic E-state index is 12.5. The summed E-state index contributed by atoms with van der Waals surface area (Å²) in [6.45, 7) is 5.14. The van der Waals surface area contributed by atoms with Crippen molar-refractivity contribution in [3.63, 3.8) is 0 Å². The highest BCUT2D eigenvalue weighted by Gasteiger charge is 2.21. The standard InChI is InChI=1S/C18H26N4O5S2/c1-18(2,3)22-29(25,26)21-17-12-14(20-28(5,23)24)8-11-16(17)19-13-6-9-15(27-4)10-7-13/h6-12,19-22H,1-5H3. The van der Waals surface area contributed by atoms with Gasteiger partial charge in [0.1, 0.15) is 5.75 Å². The van der Waals surface area contributed by atoms with Crippen LogP contribution in [0.15, 0.2) is 42.5 Å². The largest absolute Gasteiger partial charge is 0.497 e. The van der Waals surface area contributed by atoms with Crippen molar-refractivity contribution < 1.29 is 21.6 Å². The van der Waals surface area contributed by atoms with Crippen LogP contribution >= 0.6 is 0 Å². The molecule has 2 aromatic carbocycles. The van der Waals surface area contributed by atoms with Gasteiger partial charge < -0.3 is 10.1 Å². The summed E-state index contributed by atoms with van der Waals surface area (Å²) in [4.78, 5) is 0. The van der Waals surface area contributed by atoms with Crippen LogP contribution in [0.3, 0.4) is 0 Å². The van der Waals surface area contributed by atoms with Gasteiger partial charge in [0.25, 0.3) is 10.2 Å². The zero-order valence-electron chi connectivity index (χ0n) is 16.9. The molecular formula is C18H26N4O5S2. The second-order valence-corrected chi connectivity index (χ2v) is 10.6. The van der Waals surface area contributed by atoms with Gasteiger partial charge in [0.05, 0.1) is 30.4 Å². The number of benzene rings is 2. The van der Waals surface area contributed by atoms with E-state index in [0.717, 1.165) is 6.26 Å². The SMILES string of the molecule is COc1ccc(Nc2ccc(NS(C)(=O)=O)cc2NS(=O)(=O)NC(C)(C)C)cc1. The van der Waals surface area contributed by atoms with Crippen LogP contribution < -0.4 is 24.2 Å². The summed E-state index contributed by atoms with van der Waals surface area (Å²) < 4.78 is 60.5. The van der Waals surface area contributed by atoms with Gasteiger partial charge in [-0.05, 0) is 63.2 Å². The van der Waals surface area contributed by atoms with Crippen molar-refractivity contribution >= 4 is 43.0 Å². The molecule has 9 nitrogen and oxygen atoms in total. The first kappa shape index (κ1) is 22.8. The highest BCUT2D eigenvalue weighted by Crippen LogP contribution is 2.30. The maximum atomic E-state index is 12.5. The zero-order chi connectivity index (χ0) is 21.9. The fraction of sp³-hybridized carbons (Fsp3) is 0.333. The lowest BCUT2D eigenvalue weighted by atomic mass is 10.1. The number of sulfonamides is 1. The lowest BCUT2D eigenvalue weighted by Gasteiger charge is -2.22. The molecule has 0 unspecified atom stereocenters. The minimum absolute atomic E-state index is 0.172. The molecule has 0 aromatic heterocycles. The average molecular weight is 443 g/mol. The van der Waals surface area contributed by atoms with E-state index >= 15 is 0 Å². The average Bonchev–Trinajstić information content (AvgIpc) is 2.54. The van der Waals surface area contributed by atoms with Crippen LogP contribution in [0.5, 0.6) is 5.75 Å². The van der Waals surface area contributed by atoms with Gasteiger partial charge in [-0.2, -0.15) is 13.1 Å². The molecular weight excluding hydrogens is 416 g/mol. The molecule has 0 atom stereocenters. The van der Waals surface area contributed by atoms with Gasteiger partial charge in [-0.3, -0.25) is 9.44 Å². The van der Waals surface area contributed by atoms with Crippen LogP contribution in [0.25, 0.3) is 0 Å². The Labute approximate surface area is 172 Å². The van der Waals surface area contributed by atoms with Gasteiger partial charge in [0, 0.05) is 11.2 Å². The Bertz CT molecular complexity index is 1060. The molecule has 29 heavy (non-hydrogen) atoms. The Kier molecular flexibility index (Phi) is 6.66. The van der Waals surface area contributed by atoms with Crippen LogP contribution in [0, 0.1) is 0 Å². The topological polar surface area (TPSA) is 126 Å². The quantitative estimate of drug-likeness (QED) is 0.498. The van der Waals surface area contributed by atoms with E-state index < -0.39 is 25.8 Å². The Hall–Kier alpha value is -2.50. The minimum atomic E-state index is -3.92. The highest BCUT2D eigenvalue weighted by atomic mass is 32.2. The van der Waals surface area contributed by atoms with E-state index in [0.29, 0.717) is 17.1 Å². The van der Waals surface area contributed by atoms with Crippen molar-refractivity contribution in [3.05, 3.63) is 42.5 Å². The normalized spacial score (nSPS) is 12.3. The number of hydrogen-bond donors (Lipinski definition) is 4. The first-order chi connectivity index (χ1) is 13.3. The van der Waals surface area contributed by atoms with Crippen LogP contribution in [-0.4, -0.2) is 35.7 Å². The molecule has 11 heteroatoms. The van der Waals surface area contributed by atoms with E-state index in [1.807, 2.05) is 0 Å². The fourth-order valence-electron chi connectivity index (χ4n) is 2.42. The molecule has 0 saturated carbocycles. The lowest BCUT2D eigenvalue weighted by Crippen LogP contribution is -2.43. The van der Waals surface area contributed by atoms with Gasteiger partial charge in [-0.1, -0.05) is 0 Å². The molecule has 0 heterocycles. The van der Waals surface area contributed by atoms with Crippen molar-refractivity contribution in [2.45, 2.75) is 26.3 Å². The van der Waals surface area contributed by atoms with Crippen LogP contribution in [0.2, 0.25) is 0 Å². The predicted molar refractivity (Wildman–Crippen MR) is 117 cm³/mol. The van der Waals surface area contributed by atoms with Crippen molar-refractivity contribution in [2.75, 3.05) is 28.1 Å². The van der Waals surface area contributed by atoms with E-state index in [4.69, 9.17) is 4.74 Å². The monoisotopic (exact) mass is 442 g/mol. The van der Waals surface area contributed by atoms with Crippen molar-refractivity contribution in [2.24, 2.45) is 0 Å². The number of anilines is 4. The third-order valence-electron chi connectivity index (χ3n) is 3.38. The summed E-state index contributed by atoms with van der Waals surface area (Å²) >= 11 is 0. The van der Waals surface area contributed by atoms with Gasteiger partial charge >= 0.3 is 0 Å². The Morgan fingerprint density at radius 2 is 1.41 bits per heavy atom. The summed E-state index contributed by atoms with van der Waals surface area (Å²) in [5.74, 6) is 0.679. The van der Waals surface area contributed by atoms with E-state index in [-0.39, 0.29) is 11.4 Å². The van der Waals surface area contributed by atoms with Gasteiger partial charge in [-0.15, -0.1) is 0 Å². The molecule has 0 radical (unpaired) electrons. The lowest BCUT2D eigenvalue weighted by molar-refractivity contribution is 0.415.